The normalized spacial score (nSPS) is 18.1. The summed E-state index contributed by atoms with van der Waals surface area (Å²) in [6, 6.07) is 8.99. The van der Waals surface area contributed by atoms with E-state index in [-0.39, 0.29) is 17.5 Å². The Bertz CT molecular complexity index is 979. The summed E-state index contributed by atoms with van der Waals surface area (Å²) < 4.78 is 16.2. The average Bonchev–Trinajstić information content (AvgIpc) is 2.71. The first-order valence-electron chi connectivity index (χ1n) is 9.23. The second kappa shape index (κ2) is 7.11. The lowest BCUT2D eigenvalue weighted by molar-refractivity contribution is -0.116. The second-order valence-corrected chi connectivity index (χ2v) is 6.95. The molecule has 0 spiro atoms. The van der Waals surface area contributed by atoms with E-state index in [4.69, 9.17) is 14.2 Å². The van der Waals surface area contributed by atoms with Gasteiger partial charge in [0.1, 0.15) is 11.5 Å². The van der Waals surface area contributed by atoms with E-state index in [2.05, 4.69) is 5.32 Å². The Hall–Kier alpha value is -3.15. The fraction of sp³-hybridized carbons (Fsp3) is 0.318. The molecule has 2 N–H and O–H groups in total. The van der Waals surface area contributed by atoms with Gasteiger partial charge in [0.25, 0.3) is 0 Å². The maximum absolute atomic E-state index is 12.9. The van der Waals surface area contributed by atoms with Gasteiger partial charge in [0, 0.05) is 47.0 Å². The van der Waals surface area contributed by atoms with Gasteiger partial charge in [0.15, 0.2) is 17.3 Å². The molecule has 0 bridgehead atoms. The van der Waals surface area contributed by atoms with Crippen LogP contribution in [0, 0.1) is 0 Å². The molecule has 28 heavy (non-hydrogen) atoms. The molecule has 6 heteroatoms. The molecule has 1 aliphatic heterocycles. The van der Waals surface area contributed by atoms with Crippen molar-refractivity contribution in [2.45, 2.75) is 25.2 Å². The van der Waals surface area contributed by atoms with Gasteiger partial charge in [-0.3, -0.25) is 4.79 Å². The van der Waals surface area contributed by atoms with Crippen molar-refractivity contribution in [3.8, 4) is 23.0 Å². The molecule has 146 valence electrons. The molecular weight excluding hydrogens is 358 g/mol. The molecule has 1 aliphatic carbocycles. The average molecular weight is 381 g/mol. The van der Waals surface area contributed by atoms with E-state index >= 15 is 0 Å². The number of benzene rings is 2. The van der Waals surface area contributed by atoms with E-state index in [0.717, 1.165) is 40.9 Å². The predicted octanol–water partition coefficient (Wildman–Crippen LogP) is 3.98. The van der Waals surface area contributed by atoms with E-state index in [9.17, 15) is 9.90 Å². The van der Waals surface area contributed by atoms with Gasteiger partial charge in [-0.2, -0.15) is 0 Å². The van der Waals surface area contributed by atoms with E-state index in [1.54, 1.807) is 26.4 Å². The fourth-order valence-electron chi connectivity index (χ4n) is 4.14. The van der Waals surface area contributed by atoms with Crippen LogP contribution in [-0.4, -0.2) is 32.2 Å². The first-order chi connectivity index (χ1) is 13.6. The zero-order valence-electron chi connectivity index (χ0n) is 16.2. The van der Waals surface area contributed by atoms with Gasteiger partial charge in [-0.05, 0) is 30.5 Å². The van der Waals surface area contributed by atoms with Crippen LogP contribution in [-0.2, 0) is 4.79 Å². The Morgan fingerprint density at radius 2 is 1.79 bits per heavy atom. The lowest BCUT2D eigenvalue weighted by Crippen LogP contribution is -2.27. The van der Waals surface area contributed by atoms with Crippen LogP contribution >= 0.6 is 0 Å². The Morgan fingerprint density at radius 3 is 2.46 bits per heavy atom. The molecule has 0 aromatic heterocycles. The van der Waals surface area contributed by atoms with Crippen molar-refractivity contribution in [3.05, 3.63) is 52.7 Å². The number of carbonyl (C=O) groups excluding carboxylic acids is 1. The summed E-state index contributed by atoms with van der Waals surface area (Å²) in [6.45, 7) is 0. The number of Topliss-reactive ketones (excluding diaryl/α,β-unsaturated/α-hetero) is 1. The number of phenolic OH excluding ortho intramolecular Hbond substituents is 1. The van der Waals surface area contributed by atoms with Crippen LogP contribution in [0.15, 0.2) is 41.6 Å². The van der Waals surface area contributed by atoms with E-state index in [1.165, 1.54) is 7.11 Å². The number of rotatable bonds is 4. The van der Waals surface area contributed by atoms with Gasteiger partial charge in [0.2, 0.25) is 0 Å². The molecule has 4 rings (SSSR count). The molecule has 0 radical (unpaired) electrons. The van der Waals surface area contributed by atoms with Crippen molar-refractivity contribution >= 4 is 11.5 Å². The lowest BCUT2D eigenvalue weighted by Gasteiger charge is -2.35. The van der Waals surface area contributed by atoms with Crippen molar-refractivity contribution in [1.29, 1.82) is 0 Å². The molecule has 0 saturated heterocycles. The highest BCUT2D eigenvalue weighted by molar-refractivity contribution is 6.01. The monoisotopic (exact) mass is 381 g/mol. The predicted molar refractivity (Wildman–Crippen MR) is 106 cm³/mol. The Balaban J connectivity index is 1.97. The summed E-state index contributed by atoms with van der Waals surface area (Å²) in [6.07, 6.45) is 2.15. The van der Waals surface area contributed by atoms with Crippen LogP contribution in [0.2, 0.25) is 0 Å². The number of carbonyl (C=O) groups is 1. The molecular formula is C22H23NO5. The van der Waals surface area contributed by atoms with Crippen LogP contribution < -0.4 is 19.5 Å². The number of aromatic hydroxyl groups is 1. The van der Waals surface area contributed by atoms with Crippen molar-refractivity contribution in [3.63, 3.8) is 0 Å². The smallest absolute Gasteiger partial charge is 0.161 e. The summed E-state index contributed by atoms with van der Waals surface area (Å²) in [5, 5.41) is 13.8. The van der Waals surface area contributed by atoms with Gasteiger partial charge in [-0.25, -0.2) is 0 Å². The summed E-state index contributed by atoms with van der Waals surface area (Å²) >= 11 is 0. The quantitative estimate of drug-likeness (QED) is 0.834. The van der Waals surface area contributed by atoms with Crippen LogP contribution in [0.4, 0.5) is 5.69 Å². The second-order valence-electron chi connectivity index (χ2n) is 6.95. The standard InChI is InChI=1S/C22H23NO5/c1-26-13-10-15-22(19(11-13)28-3)20(12-7-8-18(27-2)17(25)9-12)21-14(23-15)5-4-6-16(21)24/h7-11,20,23,25H,4-6H2,1-3H3. The molecule has 0 saturated carbocycles. The Labute approximate surface area is 163 Å². The highest BCUT2D eigenvalue weighted by Crippen LogP contribution is 2.51. The summed E-state index contributed by atoms with van der Waals surface area (Å²) in [4.78, 5) is 12.9. The molecule has 0 amide bonds. The third-order valence-electron chi connectivity index (χ3n) is 5.43. The Morgan fingerprint density at radius 1 is 1.00 bits per heavy atom. The van der Waals surface area contributed by atoms with E-state index in [1.807, 2.05) is 18.2 Å². The SMILES string of the molecule is COc1cc2c(c(OC)c1)C(c1ccc(OC)c(O)c1)C1=C(CCCC1=O)N2. The molecule has 2 aromatic rings. The number of phenols is 1. The van der Waals surface area contributed by atoms with Crippen molar-refractivity contribution in [1.82, 2.24) is 0 Å². The highest BCUT2D eigenvalue weighted by atomic mass is 16.5. The van der Waals surface area contributed by atoms with Crippen molar-refractivity contribution in [2.24, 2.45) is 0 Å². The maximum Gasteiger partial charge on any atom is 0.161 e. The number of ether oxygens (including phenoxy) is 3. The Kier molecular flexibility index (Phi) is 4.63. The molecule has 2 aliphatic rings. The number of nitrogens with one attached hydrogen (secondary N) is 1. The topological polar surface area (TPSA) is 77.0 Å². The lowest BCUT2D eigenvalue weighted by atomic mass is 9.75. The fourth-order valence-corrected chi connectivity index (χ4v) is 4.14. The van der Waals surface area contributed by atoms with Crippen LogP contribution in [0.1, 0.15) is 36.3 Å². The minimum absolute atomic E-state index is 0.0398. The summed E-state index contributed by atoms with van der Waals surface area (Å²) in [5.74, 6) is 1.52. The van der Waals surface area contributed by atoms with Gasteiger partial charge in [0.05, 0.1) is 21.3 Å². The number of fused-ring (bicyclic) bond motifs is 1. The first-order valence-corrected chi connectivity index (χ1v) is 9.23. The number of methoxy groups -OCH3 is 3. The highest BCUT2D eigenvalue weighted by Gasteiger charge is 2.37. The molecule has 1 heterocycles. The molecule has 6 nitrogen and oxygen atoms in total. The van der Waals surface area contributed by atoms with Gasteiger partial charge in [-0.15, -0.1) is 0 Å². The maximum atomic E-state index is 12.9. The molecule has 2 aromatic carbocycles. The number of hydrogen-bond acceptors (Lipinski definition) is 6. The van der Waals surface area contributed by atoms with E-state index < -0.39 is 0 Å². The van der Waals surface area contributed by atoms with Crippen LogP contribution in [0.5, 0.6) is 23.0 Å². The zero-order chi connectivity index (χ0) is 19.8. The number of anilines is 1. The molecule has 1 atom stereocenters. The van der Waals surface area contributed by atoms with Gasteiger partial charge < -0.3 is 24.6 Å². The third kappa shape index (κ3) is 2.85. The van der Waals surface area contributed by atoms with Crippen LogP contribution in [0.25, 0.3) is 0 Å². The minimum atomic E-state index is -0.336. The molecule has 1 unspecified atom stereocenters. The van der Waals surface area contributed by atoms with Gasteiger partial charge >= 0.3 is 0 Å². The number of ketones is 1. The third-order valence-corrected chi connectivity index (χ3v) is 5.43. The number of hydrogen-bond donors (Lipinski definition) is 2. The summed E-state index contributed by atoms with van der Waals surface area (Å²) in [5.41, 5.74) is 4.20. The van der Waals surface area contributed by atoms with Crippen molar-refractivity contribution in [2.75, 3.05) is 26.6 Å². The zero-order valence-corrected chi connectivity index (χ0v) is 16.2. The largest absolute Gasteiger partial charge is 0.504 e. The number of allylic oxidation sites excluding steroid dienone is 2. The summed E-state index contributed by atoms with van der Waals surface area (Å²) in [7, 11) is 4.72. The first kappa shape index (κ1) is 18.2. The van der Waals surface area contributed by atoms with Crippen LogP contribution in [0.3, 0.4) is 0 Å². The van der Waals surface area contributed by atoms with Gasteiger partial charge in [-0.1, -0.05) is 6.07 Å². The molecule has 0 fully saturated rings. The van der Waals surface area contributed by atoms with E-state index in [0.29, 0.717) is 23.7 Å². The minimum Gasteiger partial charge on any atom is -0.504 e. The van der Waals surface area contributed by atoms with Crippen molar-refractivity contribution < 1.29 is 24.1 Å².